The number of rotatable bonds is 10. The van der Waals surface area contributed by atoms with Crippen LogP contribution in [0.2, 0.25) is 0 Å². The van der Waals surface area contributed by atoms with E-state index in [1.807, 2.05) is 25.2 Å². The van der Waals surface area contributed by atoms with Gasteiger partial charge < -0.3 is 23.7 Å². The van der Waals surface area contributed by atoms with Crippen molar-refractivity contribution in [1.82, 2.24) is 0 Å². The number of ketones is 1. The molecule has 1 unspecified atom stereocenters. The van der Waals surface area contributed by atoms with Gasteiger partial charge in [0.2, 0.25) is 5.75 Å². The summed E-state index contributed by atoms with van der Waals surface area (Å²) >= 11 is 0. The summed E-state index contributed by atoms with van der Waals surface area (Å²) in [5.41, 5.74) is 3.08. The zero-order chi connectivity index (χ0) is 26.4. The molecule has 1 aliphatic carbocycles. The van der Waals surface area contributed by atoms with Crippen molar-refractivity contribution in [3.8, 4) is 28.7 Å². The molecule has 0 amide bonds. The van der Waals surface area contributed by atoms with Gasteiger partial charge in [0, 0.05) is 17.1 Å². The van der Waals surface area contributed by atoms with Gasteiger partial charge in [-0.1, -0.05) is 30.9 Å². The minimum atomic E-state index is -0.617. The molecule has 0 bridgehead atoms. The third kappa shape index (κ3) is 4.52. The molecule has 1 aliphatic rings. The van der Waals surface area contributed by atoms with Gasteiger partial charge >= 0.3 is 0 Å². The van der Waals surface area contributed by atoms with Crippen molar-refractivity contribution >= 4 is 12.1 Å². The Kier molecular flexibility index (Phi) is 8.38. The van der Waals surface area contributed by atoms with Crippen molar-refractivity contribution in [3.05, 3.63) is 88.6 Å². The molecule has 2 aromatic rings. The summed E-state index contributed by atoms with van der Waals surface area (Å²) in [7, 11) is 7.48. The second-order valence-corrected chi connectivity index (χ2v) is 7.81. The molecular weight excluding hydrogens is 460 g/mol. The first-order valence-electron chi connectivity index (χ1n) is 11.2. The minimum absolute atomic E-state index is 0.223. The molecule has 2 aromatic carbocycles. The first-order valence-corrected chi connectivity index (χ1v) is 11.2. The van der Waals surface area contributed by atoms with Gasteiger partial charge in [0.25, 0.3) is 0 Å². The van der Waals surface area contributed by atoms with Gasteiger partial charge in [-0.3, -0.25) is 9.59 Å². The molecule has 188 valence electrons. The van der Waals surface area contributed by atoms with Crippen LogP contribution in [0.5, 0.6) is 28.7 Å². The Labute approximate surface area is 211 Å². The number of aldehydes is 1. The monoisotopic (exact) mass is 490 g/mol. The van der Waals surface area contributed by atoms with Gasteiger partial charge in [-0.15, -0.1) is 0 Å². The van der Waals surface area contributed by atoms with Crippen LogP contribution in [-0.2, 0) is 0 Å². The Morgan fingerprint density at radius 1 is 0.889 bits per heavy atom. The summed E-state index contributed by atoms with van der Waals surface area (Å²) < 4.78 is 27.6. The van der Waals surface area contributed by atoms with E-state index in [0.717, 1.165) is 5.57 Å². The summed E-state index contributed by atoms with van der Waals surface area (Å²) in [6.45, 7) is 5.59. The second kappa shape index (κ2) is 11.4. The average Bonchev–Trinajstić information content (AvgIpc) is 3.19. The molecule has 0 fully saturated rings. The van der Waals surface area contributed by atoms with Crippen LogP contribution in [0.1, 0.15) is 44.7 Å². The highest BCUT2D eigenvalue weighted by Crippen LogP contribution is 2.51. The summed E-state index contributed by atoms with van der Waals surface area (Å²) in [6.07, 6.45) is 9.68. The molecule has 0 radical (unpaired) electrons. The number of hydrogen-bond donors (Lipinski definition) is 0. The van der Waals surface area contributed by atoms with Gasteiger partial charge in [-0.2, -0.15) is 0 Å². The van der Waals surface area contributed by atoms with E-state index in [0.29, 0.717) is 51.5 Å². The molecule has 0 aromatic heterocycles. The highest BCUT2D eigenvalue weighted by Gasteiger charge is 2.40. The number of allylic oxidation sites excluding steroid dienone is 7. The first kappa shape index (κ1) is 26.3. The fourth-order valence-electron chi connectivity index (χ4n) is 4.44. The van der Waals surface area contributed by atoms with E-state index < -0.39 is 5.92 Å². The molecule has 7 heteroatoms. The third-order valence-corrected chi connectivity index (χ3v) is 6.07. The van der Waals surface area contributed by atoms with E-state index in [1.54, 1.807) is 30.4 Å². The normalized spacial score (nSPS) is 16.2. The smallest absolute Gasteiger partial charge is 0.203 e. The number of carbonyl (C=O) groups excluding carboxylic acids is 2. The van der Waals surface area contributed by atoms with Gasteiger partial charge in [-0.05, 0) is 47.9 Å². The fraction of sp³-hybridized carbons (Fsp3) is 0.241. The second-order valence-electron chi connectivity index (χ2n) is 7.81. The largest absolute Gasteiger partial charge is 0.493 e. The average molecular weight is 491 g/mol. The summed E-state index contributed by atoms with van der Waals surface area (Å²) in [6, 6.07) is 5.18. The van der Waals surface area contributed by atoms with E-state index in [-0.39, 0.29) is 17.1 Å². The third-order valence-electron chi connectivity index (χ3n) is 6.07. The number of Topliss-reactive ketones (excluding diaryl/α,β-unsaturated/α-hetero) is 1. The van der Waals surface area contributed by atoms with Crippen molar-refractivity contribution in [2.75, 3.05) is 35.5 Å². The molecule has 0 spiro atoms. The maximum absolute atomic E-state index is 13.8. The highest BCUT2D eigenvalue weighted by atomic mass is 16.5. The summed E-state index contributed by atoms with van der Waals surface area (Å²) in [5, 5.41) is 0. The Morgan fingerprint density at radius 3 is 1.94 bits per heavy atom. The fourth-order valence-corrected chi connectivity index (χ4v) is 4.44. The number of fused-ring (bicyclic) bond motifs is 1. The van der Waals surface area contributed by atoms with Crippen molar-refractivity contribution in [1.29, 1.82) is 0 Å². The van der Waals surface area contributed by atoms with Crippen molar-refractivity contribution in [2.24, 2.45) is 0 Å². The predicted octanol–water partition coefficient (Wildman–Crippen LogP) is 5.49. The summed E-state index contributed by atoms with van der Waals surface area (Å²) in [5.74, 6) is 0.998. The van der Waals surface area contributed by atoms with Gasteiger partial charge in [0.05, 0.1) is 41.1 Å². The molecule has 0 N–H and O–H groups in total. The van der Waals surface area contributed by atoms with Crippen LogP contribution in [0, 0.1) is 0 Å². The van der Waals surface area contributed by atoms with Gasteiger partial charge in [-0.25, -0.2) is 0 Å². The van der Waals surface area contributed by atoms with Crippen LogP contribution in [0.3, 0.4) is 0 Å². The lowest BCUT2D eigenvalue weighted by atomic mass is 9.85. The lowest BCUT2D eigenvalue weighted by Gasteiger charge is -2.21. The van der Waals surface area contributed by atoms with Crippen molar-refractivity contribution in [3.63, 3.8) is 0 Å². The molecule has 36 heavy (non-hydrogen) atoms. The van der Waals surface area contributed by atoms with Crippen molar-refractivity contribution < 1.29 is 33.3 Å². The molecular formula is C29H30O7. The quantitative estimate of drug-likeness (QED) is 0.248. The van der Waals surface area contributed by atoms with Crippen molar-refractivity contribution in [2.45, 2.75) is 12.8 Å². The number of hydrogen-bond acceptors (Lipinski definition) is 7. The topological polar surface area (TPSA) is 80.3 Å². The Hall–Kier alpha value is -4.26. The predicted molar refractivity (Wildman–Crippen MR) is 138 cm³/mol. The lowest BCUT2D eigenvalue weighted by molar-refractivity contribution is 0.103. The number of benzene rings is 2. The van der Waals surface area contributed by atoms with Crippen LogP contribution in [0.25, 0.3) is 0 Å². The van der Waals surface area contributed by atoms with E-state index in [4.69, 9.17) is 23.7 Å². The molecule has 0 saturated heterocycles. The van der Waals surface area contributed by atoms with E-state index in [2.05, 4.69) is 6.58 Å². The number of carbonyl (C=O) groups is 2. The van der Waals surface area contributed by atoms with Crippen LogP contribution >= 0.6 is 0 Å². The SMILES string of the molecule is C=C\C=C/C(/C=C1\C(=O)c2cc(OC)c(OC)c(C=O)c2C1c1cc(OC)c(OC)c(OC)c1)=C\C. The molecule has 0 aliphatic heterocycles. The number of methoxy groups -OCH3 is 5. The number of ether oxygens (including phenoxy) is 5. The minimum Gasteiger partial charge on any atom is -0.493 e. The summed E-state index contributed by atoms with van der Waals surface area (Å²) in [4.78, 5) is 26.2. The standard InChI is InChI=1S/C29H30O7/c1-8-10-11-17(9-2)12-19-25(18-13-22(32-3)29(36-7)23(14-18)33-4)26-20(27(19)31)15-24(34-5)28(35-6)21(26)16-30/h8-16,25H,1H2,2-7H3/b11-10-,17-9+,19-12-. The van der Waals surface area contributed by atoms with E-state index >= 15 is 0 Å². The highest BCUT2D eigenvalue weighted by molar-refractivity contribution is 6.17. The Bertz CT molecular complexity index is 1260. The zero-order valence-corrected chi connectivity index (χ0v) is 21.3. The Morgan fingerprint density at radius 2 is 1.47 bits per heavy atom. The van der Waals surface area contributed by atoms with Gasteiger partial charge in [0.1, 0.15) is 0 Å². The molecule has 0 heterocycles. The molecule has 0 saturated carbocycles. The zero-order valence-electron chi connectivity index (χ0n) is 21.3. The Balaban J connectivity index is 2.45. The molecule has 7 nitrogen and oxygen atoms in total. The molecule has 3 rings (SSSR count). The maximum atomic E-state index is 13.8. The van der Waals surface area contributed by atoms with Crippen LogP contribution in [0.15, 0.2) is 66.3 Å². The van der Waals surface area contributed by atoms with Crippen LogP contribution < -0.4 is 23.7 Å². The van der Waals surface area contributed by atoms with E-state index in [9.17, 15) is 9.59 Å². The van der Waals surface area contributed by atoms with Gasteiger partial charge in [0.15, 0.2) is 35.1 Å². The molecule has 1 atom stereocenters. The first-order chi connectivity index (χ1) is 17.4. The van der Waals surface area contributed by atoms with Crippen LogP contribution in [-0.4, -0.2) is 47.6 Å². The lowest BCUT2D eigenvalue weighted by Crippen LogP contribution is -2.07. The maximum Gasteiger partial charge on any atom is 0.203 e. The van der Waals surface area contributed by atoms with Crippen LogP contribution in [0.4, 0.5) is 0 Å². The van der Waals surface area contributed by atoms with E-state index in [1.165, 1.54) is 35.5 Å².